The first-order valence-corrected chi connectivity index (χ1v) is 6.10. The molecule has 114 valence electrons. The Bertz CT molecular complexity index is 787. The number of carbonyl (C=O) groups is 1. The number of aromatic nitrogens is 2. The Morgan fingerprint density at radius 3 is 2.50 bits per heavy atom. The minimum atomic E-state index is -0.892. The highest BCUT2D eigenvalue weighted by atomic mass is 35.5. The molecule has 2 aromatic rings. The van der Waals surface area contributed by atoms with Crippen molar-refractivity contribution in [3.63, 3.8) is 0 Å². The van der Waals surface area contributed by atoms with Crippen molar-refractivity contribution >= 4 is 34.6 Å². The fraction of sp³-hybridized carbons (Fsp3) is 0.0909. The van der Waals surface area contributed by atoms with Crippen LogP contribution < -0.4 is 5.32 Å². The van der Waals surface area contributed by atoms with Crippen LogP contribution in [0.3, 0.4) is 0 Å². The van der Waals surface area contributed by atoms with Gasteiger partial charge in [0.15, 0.2) is 0 Å². The van der Waals surface area contributed by atoms with Gasteiger partial charge < -0.3 is 5.32 Å². The highest BCUT2D eigenvalue weighted by Crippen LogP contribution is 2.29. The third kappa shape index (κ3) is 2.86. The van der Waals surface area contributed by atoms with Crippen molar-refractivity contribution in [3.8, 4) is 0 Å². The summed E-state index contributed by atoms with van der Waals surface area (Å²) in [5.41, 5.74) is -1.38. The summed E-state index contributed by atoms with van der Waals surface area (Å²) in [5.74, 6) is -0.892. The second-order valence-corrected chi connectivity index (χ2v) is 4.57. The maximum absolute atomic E-state index is 12.1. The smallest absolute Gasteiger partial charge is 0.315 e. The first-order chi connectivity index (χ1) is 10.3. The van der Waals surface area contributed by atoms with E-state index in [1.54, 1.807) is 0 Å². The number of nitrogens with one attached hydrogen (secondary N) is 1. The van der Waals surface area contributed by atoms with Crippen LogP contribution in [0.2, 0.25) is 5.02 Å². The molecule has 1 amide bonds. The number of nitro benzene ring substituents is 1. The van der Waals surface area contributed by atoms with Crippen molar-refractivity contribution in [2.45, 2.75) is 0 Å². The van der Waals surface area contributed by atoms with Gasteiger partial charge in [-0.25, -0.2) is 0 Å². The lowest BCUT2D eigenvalue weighted by Crippen LogP contribution is -2.18. The maximum Gasteiger partial charge on any atom is 0.320 e. The molecule has 1 N–H and O–H groups in total. The monoisotopic (exact) mass is 325 g/mol. The number of nitrogens with zero attached hydrogens (tertiary/aromatic N) is 4. The van der Waals surface area contributed by atoms with Gasteiger partial charge in [-0.3, -0.25) is 29.7 Å². The van der Waals surface area contributed by atoms with Crippen LogP contribution in [0.1, 0.15) is 10.5 Å². The summed E-state index contributed by atoms with van der Waals surface area (Å²) in [4.78, 5) is 32.5. The average molecular weight is 326 g/mol. The molecule has 1 heterocycles. The van der Waals surface area contributed by atoms with E-state index in [-0.39, 0.29) is 16.4 Å². The van der Waals surface area contributed by atoms with Crippen LogP contribution in [0.15, 0.2) is 24.4 Å². The van der Waals surface area contributed by atoms with Gasteiger partial charge in [0.05, 0.1) is 9.85 Å². The van der Waals surface area contributed by atoms with Crippen LogP contribution in [-0.4, -0.2) is 25.5 Å². The van der Waals surface area contributed by atoms with Crippen LogP contribution >= 0.6 is 11.6 Å². The third-order valence-electron chi connectivity index (χ3n) is 2.74. The summed E-state index contributed by atoms with van der Waals surface area (Å²) in [7, 11) is 1.35. The molecule has 1 aromatic heterocycles. The van der Waals surface area contributed by atoms with Crippen molar-refractivity contribution in [1.29, 1.82) is 0 Å². The predicted molar refractivity (Wildman–Crippen MR) is 75.9 cm³/mol. The van der Waals surface area contributed by atoms with Gasteiger partial charge in [-0.05, 0) is 12.1 Å². The van der Waals surface area contributed by atoms with Gasteiger partial charge in [0.25, 0.3) is 11.6 Å². The second-order valence-electron chi connectivity index (χ2n) is 4.13. The molecular formula is C11H8ClN5O5. The fourth-order valence-corrected chi connectivity index (χ4v) is 1.93. The van der Waals surface area contributed by atoms with Gasteiger partial charge in [0, 0.05) is 18.1 Å². The van der Waals surface area contributed by atoms with E-state index < -0.39 is 27.1 Å². The van der Waals surface area contributed by atoms with Gasteiger partial charge in [0.1, 0.15) is 11.9 Å². The minimum absolute atomic E-state index is 0.121. The Morgan fingerprint density at radius 1 is 1.27 bits per heavy atom. The molecule has 0 aliphatic rings. The first kappa shape index (κ1) is 15.4. The molecule has 0 unspecified atom stereocenters. The predicted octanol–water partition coefficient (Wildman–Crippen LogP) is 2.14. The molecule has 10 nitrogen and oxygen atoms in total. The zero-order valence-corrected chi connectivity index (χ0v) is 11.8. The van der Waals surface area contributed by atoms with Crippen LogP contribution in [-0.2, 0) is 7.05 Å². The number of halogens is 1. The highest BCUT2D eigenvalue weighted by molar-refractivity contribution is 6.31. The van der Waals surface area contributed by atoms with Gasteiger partial charge >= 0.3 is 5.69 Å². The van der Waals surface area contributed by atoms with Gasteiger partial charge in [-0.15, -0.1) is 0 Å². The lowest BCUT2D eigenvalue weighted by atomic mass is 10.2. The van der Waals surface area contributed by atoms with E-state index in [1.165, 1.54) is 19.2 Å². The topological polar surface area (TPSA) is 133 Å². The molecule has 0 aliphatic heterocycles. The zero-order valence-electron chi connectivity index (χ0n) is 11.0. The summed E-state index contributed by atoms with van der Waals surface area (Å²) < 4.78 is 1.01. The summed E-state index contributed by atoms with van der Waals surface area (Å²) >= 11 is 5.67. The van der Waals surface area contributed by atoms with Crippen molar-refractivity contribution < 1.29 is 14.6 Å². The number of carbonyl (C=O) groups excluding carboxylic acids is 1. The molecule has 0 fully saturated rings. The number of hydrogen-bond acceptors (Lipinski definition) is 6. The molecule has 0 radical (unpaired) electrons. The zero-order chi connectivity index (χ0) is 16.4. The number of anilines is 1. The van der Waals surface area contributed by atoms with Crippen LogP contribution in [0.5, 0.6) is 0 Å². The van der Waals surface area contributed by atoms with Crippen molar-refractivity contribution in [3.05, 3.63) is 55.3 Å². The molecule has 0 atom stereocenters. The minimum Gasteiger partial charge on any atom is -0.315 e. The average Bonchev–Trinajstić information content (AvgIpc) is 2.82. The third-order valence-corrected chi connectivity index (χ3v) is 2.97. The van der Waals surface area contributed by atoms with Crippen LogP contribution in [0.25, 0.3) is 0 Å². The molecule has 2 rings (SSSR count). The SMILES string of the molecule is Cn1ncc([N+](=O)[O-])c1C(=O)Nc1ccc(Cl)cc1[N+](=O)[O-]. The quantitative estimate of drug-likeness (QED) is 0.676. The lowest BCUT2D eigenvalue weighted by Gasteiger charge is -2.06. The largest absolute Gasteiger partial charge is 0.320 e. The van der Waals surface area contributed by atoms with E-state index in [0.29, 0.717) is 0 Å². The summed E-state index contributed by atoms with van der Waals surface area (Å²) in [6.07, 6.45) is 0.922. The maximum atomic E-state index is 12.1. The number of rotatable bonds is 4. The molecule has 0 spiro atoms. The van der Waals surface area contributed by atoms with Gasteiger partial charge in [-0.1, -0.05) is 11.6 Å². The molecule has 0 saturated heterocycles. The molecule has 0 aliphatic carbocycles. The summed E-state index contributed by atoms with van der Waals surface area (Å²) in [6.45, 7) is 0. The van der Waals surface area contributed by atoms with Crippen molar-refractivity contribution in [1.82, 2.24) is 9.78 Å². The van der Waals surface area contributed by atoms with E-state index in [2.05, 4.69) is 10.4 Å². The number of aryl methyl sites for hydroxylation is 1. The molecule has 1 aromatic carbocycles. The fourth-order valence-electron chi connectivity index (χ4n) is 1.77. The van der Waals surface area contributed by atoms with Crippen molar-refractivity contribution in [2.75, 3.05) is 5.32 Å². The van der Waals surface area contributed by atoms with Gasteiger partial charge in [0.2, 0.25) is 5.69 Å². The van der Waals surface area contributed by atoms with Gasteiger partial charge in [-0.2, -0.15) is 5.10 Å². The second kappa shape index (κ2) is 5.77. The highest BCUT2D eigenvalue weighted by Gasteiger charge is 2.27. The lowest BCUT2D eigenvalue weighted by molar-refractivity contribution is -0.385. The van der Waals surface area contributed by atoms with Crippen molar-refractivity contribution in [2.24, 2.45) is 7.05 Å². The van der Waals surface area contributed by atoms with E-state index in [1.807, 2.05) is 0 Å². The van der Waals surface area contributed by atoms with E-state index >= 15 is 0 Å². The molecule has 0 saturated carbocycles. The number of benzene rings is 1. The summed E-state index contributed by atoms with van der Waals surface area (Å²) in [6, 6.07) is 3.65. The van der Waals surface area contributed by atoms with E-state index in [9.17, 15) is 25.0 Å². The molecule has 11 heteroatoms. The van der Waals surface area contributed by atoms with E-state index in [4.69, 9.17) is 11.6 Å². The molecule has 22 heavy (non-hydrogen) atoms. The Labute approximate surface area is 127 Å². The van der Waals surface area contributed by atoms with Crippen LogP contribution in [0, 0.1) is 20.2 Å². The van der Waals surface area contributed by atoms with E-state index in [0.717, 1.165) is 16.9 Å². The number of nitro groups is 2. The van der Waals surface area contributed by atoms with Crippen LogP contribution in [0.4, 0.5) is 17.1 Å². The normalized spacial score (nSPS) is 10.3. The Morgan fingerprint density at radius 2 is 1.91 bits per heavy atom. The first-order valence-electron chi connectivity index (χ1n) is 5.73. The standard InChI is InChI=1S/C11H8ClN5O5/c1-15-10(9(5-13-15)17(21)22)11(18)14-7-3-2-6(12)4-8(7)16(19)20/h2-5H,1H3,(H,14,18). The number of amides is 1. The Balaban J connectivity index is 2.40. The Kier molecular flexibility index (Phi) is 4.04. The molecular weight excluding hydrogens is 318 g/mol. The Hall–Kier alpha value is -3.01. The molecule has 0 bridgehead atoms. The number of hydrogen-bond donors (Lipinski definition) is 1. The summed E-state index contributed by atoms with van der Waals surface area (Å²) in [5, 5.41) is 27.8.